The summed E-state index contributed by atoms with van der Waals surface area (Å²) in [4.78, 5) is 45.1. The van der Waals surface area contributed by atoms with Crippen molar-refractivity contribution in [2.24, 2.45) is 11.8 Å². The number of benzene rings is 1. The van der Waals surface area contributed by atoms with Crippen LogP contribution in [0.2, 0.25) is 0 Å². The van der Waals surface area contributed by atoms with E-state index in [0.29, 0.717) is 13.2 Å². The highest BCUT2D eigenvalue weighted by molar-refractivity contribution is 8.02. The average Bonchev–Trinajstić information content (AvgIpc) is 3.25. The van der Waals surface area contributed by atoms with E-state index >= 15 is 0 Å². The molecule has 4 aliphatic heterocycles. The zero-order valence-corrected chi connectivity index (χ0v) is 21.9. The number of fused-ring (bicyclic) bond motifs is 2. The molecule has 0 bridgehead atoms. The van der Waals surface area contributed by atoms with Crippen molar-refractivity contribution in [2.75, 3.05) is 24.7 Å². The van der Waals surface area contributed by atoms with E-state index < -0.39 is 28.7 Å². The van der Waals surface area contributed by atoms with Crippen molar-refractivity contribution in [1.82, 2.24) is 4.90 Å². The molecule has 1 aromatic carbocycles. The Hall–Kier alpha value is -2.58. The smallest absolute Gasteiger partial charge is 0.311 e. The summed E-state index contributed by atoms with van der Waals surface area (Å²) >= 11 is 1.53. The van der Waals surface area contributed by atoms with Crippen LogP contribution in [0.3, 0.4) is 0 Å². The Balaban J connectivity index is 1.64. The van der Waals surface area contributed by atoms with Gasteiger partial charge in [-0.15, -0.1) is 11.8 Å². The van der Waals surface area contributed by atoms with Gasteiger partial charge in [0.1, 0.15) is 6.04 Å². The summed E-state index contributed by atoms with van der Waals surface area (Å²) in [5.41, 5.74) is 2.83. The Morgan fingerprint density at radius 3 is 2.75 bits per heavy atom. The van der Waals surface area contributed by atoms with Gasteiger partial charge in [0.05, 0.1) is 35.8 Å². The minimum atomic E-state index is -0.920. The van der Waals surface area contributed by atoms with Crippen LogP contribution in [0.5, 0.6) is 0 Å². The van der Waals surface area contributed by atoms with Crippen molar-refractivity contribution in [3.8, 4) is 0 Å². The van der Waals surface area contributed by atoms with Gasteiger partial charge >= 0.3 is 5.97 Å². The highest BCUT2D eigenvalue weighted by atomic mass is 32.2. The number of anilines is 1. The van der Waals surface area contributed by atoms with Gasteiger partial charge < -0.3 is 19.6 Å². The Morgan fingerprint density at radius 1 is 1.17 bits per heavy atom. The van der Waals surface area contributed by atoms with Crippen LogP contribution in [0, 0.1) is 25.7 Å². The van der Waals surface area contributed by atoms with Crippen LogP contribution in [0.1, 0.15) is 37.3 Å². The minimum absolute atomic E-state index is 0.182. The van der Waals surface area contributed by atoms with E-state index in [9.17, 15) is 19.5 Å². The molecule has 2 saturated heterocycles. The number of hydrogen-bond acceptors (Lipinski definition) is 6. The van der Waals surface area contributed by atoms with Gasteiger partial charge in [-0.25, -0.2) is 0 Å². The molecule has 192 valence electrons. The quantitative estimate of drug-likeness (QED) is 0.497. The highest BCUT2D eigenvalue weighted by Crippen LogP contribution is 2.61. The van der Waals surface area contributed by atoms with Gasteiger partial charge in [0, 0.05) is 17.5 Å². The number of likely N-dealkylation sites (tertiary alicyclic amines) is 1. The number of allylic oxidation sites excluding steroid dienone is 1. The van der Waals surface area contributed by atoms with Gasteiger partial charge in [0.25, 0.3) is 5.91 Å². The Kier molecular flexibility index (Phi) is 6.76. The number of cyclic esters (lactones) is 1. The summed E-state index contributed by atoms with van der Waals surface area (Å²) in [6.07, 6.45) is 10.7. The Morgan fingerprint density at radius 2 is 1.97 bits per heavy atom. The number of hydrogen-bond donors (Lipinski definition) is 1. The predicted molar refractivity (Wildman–Crippen MR) is 140 cm³/mol. The molecule has 2 amide bonds. The Bertz CT molecular complexity index is 1130. The second kappa shape index (κ2) is 9.71. The van der Waals surface area contributed by atoms with E-state index in [-0.39, 0.29) is 29.6 Å². The molecule has 0 aliphatic carbocycles. The van der Waals surface area contributed by atoms with Crippen molar-refractivity contribution in [3.05, 3.63) is 53.6 Å². The van der Waals surface area contributed by atoms with Crippen LogP contribution in [-0.2, 0) is 19.1 Å². The SMILES string of the molecule is Cc1ccc(C)c(N2CC=C[C@]34S[C@H]5/C=C\CCCCOC(=O)[C@H]5[C@H]3C(=O)N([C@H](C)CO)C4C2=O)c1. The largest absolute Gasteiger partial charge is 0.465 e. The number of carbonyl (C=O) groups excluding carboxylic acids is 3. The predicted octanol–water partition coefficient (Wildman–Crippen LogP) is 3.17. The minimum Gasteiger partial charge on any atom is -0.465 e. The topological polar surface area (TPSA) is 87.2 Å². The zero-order chi connectivity index (χ0) is 25.6. The van der Waals surface area contributed by atoms with Gasteiger partial charge in [-0.3, -0.25) is 14.4 Å². The molecule has 0 aromatic heterocycles. The molecule has 4 heterocycles. The molecule has 0 radical (unpaired) electrons. The maximum atomic E-state index is 14.4. The Labute approximate surface area is 216 Å². The molecule has 0 saturated carbocycles. The van der Waals surface area contributed by atoms with Gasteiger partial charge in [-0.2, -0.15) is 0 Å². The van der Waals surface area contributed by atoms with Crippen LogP contribution >= 0.6 is 11.8 Å². The number of carbonyl (C=O) groups is 3. The number of aliphatic hydroxyl groups is 1. The number of rotatable bonds is 3. The molecule has 5 rings (SSSR count). The fourth-order valence-electron chi connectivity index (χ4n) is 6.14. The van der Waals surface area contributed by atoms with Crippen LogP contribution in [0.15, 0.2) is 42.5 Å². The van der Waals surface area contributed by atoms with E-state index in [4.69, 9.17) is 4.74 Å². The van der Waals surface area contributed by atoms with Gasteiger partial charge in [0.15, 0.2) is 0 Å². The number of nitrogens with zero attached hydrogens (tertiary/aromatic N) is 2. The van der Waals surface area contributed by atoms with Crippen molar-refractivity contribution in [2.45, 2.75) is 62.1 Å². The first-order valence-corrected chi connectivity index (χ1v) is 13.7. The van der Waals surface area contributed by atoms with Crippen molar-refractivity contribution in [1.29, 1.82) is 0 Å². The number of aliphatic hydroxyl groups excluding tert-OH is 1. The molecule has 2 fully saturated rings. The number of ether oxygens (including phenoxy) is 1. The van der Waals surface area contributed by atoms with Gasteiger partial charge in [-0.1, -0.05) is 36.4 Å². The fraction of sp³-hybridized carbons (Fsp3) is 0.536. The van der Waals surface area contributed by atoms with Crippen molar-refractivity contribution >= 4 is 35.2 Å². The summed E-state index contributed by atoms with van der Waals surface area (Å²) in [6.45, 7) is 6.16. The molecule has 7 nitrogen and oxygen atoms in total. The fourth-order valence-corrected chi connectivity index (χ4v) is 8.13. The van der Waals surface area contributed by atoms with E-state index in [1.165, 1.54) is 11.8 Å². The number of thioether (sulfide) groups is 1. The molecule has 1 spiro atoms. The summed E-state index contributed by atoms with van der Waals surface area (Å²) < 4.78 is 4.72. The summed E-state index contributed by atoms with van der Waals surface area (Å²) in [5.74, 6) is -2.23. The number of esters is 1. The second-order valence-corrected chi connectivity index (χ2v) is 11.8. The lowest BCUT2D eigenvalue weighted by Gasteiger charge is -2.37. The third-order valence-electron chi connectivity index (χ3n) is 7.93. The van der Waals surface area contributed by atoms with Gasteiger partial charge in [-0.05, 0) is 57.2 Å². The lowest BCUT2D eigenvalue weighted by Crippen LogP contribution is -2.56. The molecule has 8 heteroatoms. The summed E-state index contributed by atoms with van der Waals surface area (Å²) in [7, 11) is 0. The van der Waals surface area contributed by atoms with Crippen molar-refractivity contribution in [3.63, 3.8) is 0 Å². The van der Waals surface area contributed by atoms with E-state index in [0.717, 1.165) is 36.1 Å². The third-order valence-corrected chi connectivity index (χ3v) is 9.68. The second-order valence-electron chi connectivity index (χ2n) is 10.4. The van der Waals surface area contributed by atoms with Crippen LogP contribution in [0.25, 0.3) is 0 Å². The summed E-state index contributed by atoms with van der Waals surface area (Å²) in [5, 5.41) is 9.81. The first-order chi connectivity index (χ1) is 17.3. The molecular formula is C28H34N2O5S. The van der Waals surface area contributed by atoms with E-state index in [1.807, 2.05) is 50.3 Å². The molecule has 36 heavy (non-hydrogen) atoms. The molecule has 1 unspecified atom stereocenters. The van der Waals surface area contributed by atoms with Crippen LogP contribution in [0.4, 0.5) is 5.69 Å². The number of aryl methyl sites for hydroxylation is 2. The molecular weight excluding hydrogens is 476 g/mol. The van der Waals surface area contributed by atoms with Crippen LogP contribution < -0.4 is 4.90 Å². The molecule has 1 aromatic rings. The monoisotopic (exact) mass is 510 g/mol. The van der Waals surface area contributed by atoms with E-state index in [1.54, 1.807) is 16.7 Å². The van der Waals surface area contributed by atoms with Crippen LogP contribution in [-0.4, -0.2) is 69.6 Å². The van der Waals surface area contributed by atoms with Gasteiger partial charge in [0.2, 0.25) is 5.91 Å². The zero-order valence-electron chi connectivity index (χ0n) is 21.1. The maximum Gasteiger partial charge on any atom is 0.311 e. The lowest BCUT2D eigenvalue weighted by atomic mass is 9.78. The number of amides is 2. The maximum absolute atomic E-state index is 14.4. The summed E-state index contributed by atoms with van der Waals surface area (Å²) in [6, 6.07) is 4.61. The van der Waals surface area contributed by atoms with E-state index in [2.05, 4.69) is 6.08 Å². The average molecular weight is 511 g/mol. The first kappa shape index (κ1) is 25.1. The highest BCUT2D eigenvalue weighted by Gasteiger charge is 2.71. The molecule has 6 atom stereocenters. The molecule has 1 N–H and O–H groups in total. The first-order valence-electron chi connectivity index (χ1n) is 12.8. The lowest BCUT2D eigenvalue weighted by molar-refractivity contribution is -0.153. The third kappa shape index (κ3) is 3.89. The molecule has 4 aliphatic rings. The standard InChI is InChI=1S/C28H34N2O5S/c1-17-10-11-18(2)20(15-17)29-13-8-12-28-23(25(32)30(19(3)16-31)24(28)26(29)33)22-21(36-28)9-6-4-5-7-14-35-27(22)34/h6,8-12,15,19,21-24,31H,4-5,7,13-14,16H2,1-3H3/b9-6-/t19-,21+,22-,23+,24?,28+/m1/s1. The normalized spacial score (nSPS) is 33.9. The van der Waals surface area contributed by atoms with Crippen molar-refractivity contribution < 1.29 is 24.2 Å².